The molecule has 1 aromatic heterocycles. The van der Waals surface area contributed by atoms with Crippen LogP contribution in [-0.4, -0.2) is 18.1 Å². The van der Waals surface area contributed by atoms with Crippen LogP contribution in [0.3, 0.4) is 0 Å². The number of nitrogens with one attached hydrogen (secondary N) is 1. The van der Waals surface area contributed by atoms with Gasteiger partial charge < -0.3 is 10.2 Å². The fourth-order valence-corrected chi connectivity index (χ4v) is 2.65. The smallest absolute Gasteiger partial charge is 0.128 e. The van der Waals surface area contributed by atoms with Crippen molar-refractivity contribution in [3.63, 3.8) is 0 Å². The van der Waals surface area contributed by atoms with Crippen LogP contribution in [0.25, 0.3) is 0 Å². The van der Waals surface area contributed by atoms with Crippen LogP contribution in [-0.2, 0) is 6.54 Å². The third-order valence-corrected chi connectivity index (χ3v) is 4.07. The maximum atomic E-state index is 6.15. The Labute approximate surface area is 135 Å². The second kappa shape index (κ2) is 7.53. The Hall–Kier alpha value is -1.45. The van der Waals surface area contributed by atoms with Gasteiger partial charge in [-0.3, -0.25) is 0 Å². The fourth-order valence-electron chi connectivity index (χ4n) is 2.12. The van der Waals surface area contributed by atoms with E-state index in [4.69, 9.17) is 23.2 Å². The summed E-state index contributed by atoms with van der Waals surface area (Å²) in [6.07, 6.45) is 1.83. The van der Waals surface area contributed by atoms with Gasteiger partial charge in [0.15, 0.2) is 0 Å². The van der Waals surface area contributed by atoms with E-state index in [-0.39, 0.29) is 0 Å². The second-order valence-corrected chi connectivity index (χ2v) is 5.45. The molecule has 0 saturated carbocycles. The number of hydrogen-bond donors (Lipinski definition) is 1. The molecule has 0 atom stereocenters. The van der Waals surface area contributed by atoms with E-state index in [1.54, 1.807) is 0 Å². The molecule has 0 bridgehead atoms. The molecule has 5 heteroatoms. The van der Waals surface area contributed by atoms with Crippen LogP contribution < -0.4 is 10.2 Å². The van der Waals surface area contributed by atoms with Crippen LogP contribution in [0.2, 0.25) is 10.0 Å². The van der Waals surface area contributed by atoms with Crippen LogP contribution in [0.5, 0.6) is 0 Å². The van der Waals surface area contributed by atoms with E-state index >= 15 is 0 Å². The first-order valence-corrected chi connectivity index (χ1v) is 7.79. The Bertz CT molecular complexity index is 560. The average molecular weight is 324 g/mol. The zero-order valence-corrected chi connectivity index (χ0v) is 13.7. The summed E-state index contributed by atoms with van der Waals surface area (Å²) in [6.45, 7) is 6.72. The molecular formula is C16H19Cl2N3. The monoisotopic (exact) mass is 323 g/mol. The maximum Gasteiger partial charge on any atom is 0.128 e. The van der Waals surface area contributed by atoms with E-state index in [0.29, 0.717) is 16.6 Å². The molecular weight excluding hydrogens is 305 g/mol. The molecule has 0 aliphatic rings. The molecule has 21 heavy (non-hydrogen) atoms. The van der Waals surface area contributed by atoms with Gasteiger partial charge in [-0.1, -0.05) is 29.3 Å². The molecule has 0 unspecified atom stereocenters. The summed E-state index contributed by atoms with van der Waals surface area (Å²) in [5, 5.41) is 4.63. The minimum absolute atomic E-state index is 0.574. The van der Waals surface area contributed by atoms with Crippen LogP contribution in [0.4, 0.5) is 11.5 Å². The highest BCUT2D eigenvalue weighted by atomic mass is 35.5. The summed E-state index contributed by atoms with van der Waals surface area (Å²) in [5.74, 6) is 0.987. The van der Waals surface area contributed by atoms with Crippen molar-refractivity contribution in [3.8, 4) is 0 Å². The van der Waals surface area contributed by atoms with Gasteiger partial charge >= 0.3 is 0 Å². The average Bonchev–Trinajstić information content (AvgIpc) is 2.49. The van der Waals surface area contributed by atoms with E-state index in [1.165, 1.54) is 0 Å². The molecule has 0 amide bonds. The fraction of sp³-hybridized carbons (Fsp3) is 0.312. The molecule has 1 heterocycles. The van der Waals surface area contributed by atoms with E-state index in [2.05, 4.69) is 29.0 Å². The first-order chi connectivity index (χ1) is 10.2. The number of halogens is 2. The Morgan fingerprint density at radius 2 is 1.71 bits per heavy atom. The van der Waals surface area contributed by atoms with E-state index in [9.17, 15) is 0 Å². The zero-order chi connectivity index (χ0) is 15.2. The summed E-state index contributed by atoms with van der Waals surface area (Å²) >= 11 is 12.3. The molecule has 2 aromatic rings. The number of hydrogen-bond acceptors (Lipinski definition) is 3. The molecule has 3 nitrogen and oxygen atoms in total. The molecule has 0 saturated heterocycles. The van der Waals surface area contributed by atoms with Crippen molar-refractivity contribution in [2.75, 3.05) is 23.3 Å². The first-order valence-electron chi connectivity index (χ1n) is 7.03. The normalized spacial score (nSPS) is 10.5. The number of rotatable bonds is 6. The van der Waals surface area contributed by atoms with Gasteiger partial charge in [-0.05, 0) is 38.1 Å². The summed E-state index contributed by atoms with van der Waals surface area (Å²) in [5.41, 5.74) is 1.84. The minimum Gasteiger partial charge on any atom is -0.380 e. The molecule has 2 rings (SSSR count). The molecule has 1 aromatic carbocycles. The molecule has 0 fully saturated rings. The lowest BCUT2D eigenvalue weighted by atomic mass is 10.2. The quantitative estimate of drug-likeness (QED) is 0.823. The first kappa shape index (κ1) is 15.9. The number of pyridine rings is 1. The number of aromatic nitrogens is 1. The van der Waals surface area contributed by atoms with Gasteiger partial charge in [0.25, 0.3) is 0 Å². The van der Waals surface area contributed by atoms with Gasteiger partial charge in [0.05, 0.1) is 11.9 Å². The van der Waals surface area contributed by atoms with Gasteiger partial charge in [-0.2, -0.15) is 0 Å². The van der Waals surface area contributed by atoms with Crippen molar-refractivity contribution in [2.24, 2.45) is 0 Å². The van der Waals surface area contributed by atoms with E-state index in [0.717, 1.165) is 30.2 Å². The van der Waals surface area contributed by atoms with Crippen LogP contribution in [0.1, 0.15) is 19.4 Å². The molecule has 1 N–H and O–H groups in total. The van der Waals surface area contributed by atoms with Gasteiger partial charge in [-0.15, -0.1) is 0 Å². The van der Waals surface area contributed by atoms with Crippen molar-refractivity contribution in [2.45, 2.75) is 20.4 Å². The summed E-state index contributed by atoms with van der Waals surface area (Å²) in [7, 11) is 0. The molecule has 0 spiro atoms. The maximum absolute atomic E-state index is 6.15. The molecule has 0 aliphatic carbocycles. The Morgan fingerprint density at radius 1 is 1.05 bits per heavy atom. The lowest BCUT2D eigenvalue weighted by molar-refractivity contribution is 0.846. The van der Waals surface area contributed by atoms with Gasteiger partial charge in [0, 0.05) is 35.2 Å². The lowest BCUT2D eigenvalue weighted by Crippen LogP contribution is -2.22. The Balaban J connectivity index is 2.04. The third kappa shape index (κ3) is 4.02. The van der Waals surface area contributed by atoms with Crippen LogP contribution >= 0.6 is 23.2 Å². The van der Waals surface area contributed by atoms with E-state index in [1.807, 2.05) is 36.5 Å². The molecule has 0 aliphatic heterocycles. The molecule has 0 radical (unpaired) electrons. The SMILES string of the molecule is CCN(CC)c1ccc(NCc2c(Cl)cccc2Cl)cn1. The standard InChI is InChI=1S/C16H19Cl2N3/c1-3-21(4-2)16-9-8-12(10-20-16)19-11-13-14(17)6-5-7-15(13)18/h5-10,19H,3-4,11H2,1-2H3. The second-order valence-electron chi connectivity index (χ2n) is 4.63. The van der Waals surface area contributed by atoms with Gasteiger partial charge in [0.2, 0.25) is 0 Å². The van der Waals surface area contributed by atoms with Crippen molar-refractivity contribution in [3.05, 3.63) is 52.1 Å². The highest BCUT2D eigenvalue weighted by Gasteiger charge is 2.06. The van der Waals surface area contributed by atoms with Crippen molar-refractivity contribution < 1.29 is 0 Å². The minimum atomic E-state index is 0.574. The highest BCUT2D eigenvalue weighted by molar-refractivity contribution is 6.36. The molecule has 112 valence electrons. The van der Waals surface area contributed by atoms with Crippen molar-refractivity contribution >= 4 is 34.7 Å². The van der Waals surface area contributed by atoms with Crippen LogP contribution in [0.15, 0.2) is 36.5 Å². The van der Waals surface area contributed by atoms with Crippen molar-refractivity contribution in [1.82, 2.24) is 4.98 Å². The predicted molar refractivity (Wildman–Crippen MR) is 91.6 cm³/mol. The summed E-state index contributed by atoms with van der Waals surface area (Å²) in [4.78, 5) is 6.68. The van der Waals surface area contributed by atoms with Gasteiger partial charge in [-0.25, -0.2) is 4.98 Å². The summed E-state index contributed by atoms with van der Waals surface area (Å²) in [6, 6.07) is 9.56. The highest BCUT2D eigenvalue weighted by Crippen LogP contribution is 2.25. The largest absolute Gasteiger partial charge is 0.380 e. The topological polar surface area (TPSA) is 28.2 Å². The lowest BCUT2D eigenvalue weighted by Gasteiger charge is -2.19. The summed E-state index contributed by atoms with van der Waals surface area (Å²) < 4.78 is 0. The van der Waals surface area contributed by atoms with E-state index < -0.39 is 0 Å². The third-order valence-electron chi connectivity index (χ3n) is 3.37. The Kier molecular flexibility index (Phi) is 5.71. The number of benzene rings is 1. The predicted octanol–water partition coefficient (Wildman–Crippen LogP) is 4.85. The van der Waals surface area contributed by atoms with Crippen LogP contribution in [0, 0.1) is 0 Å². The van der Waals surface area contributed by atoms with Gasteiger partial charge in [0.1, 0.15) is 5.82 Å². The Morgan fingerprint density at radius 3 is 2.24 bits per heavy atom. The van der Waals surface area contributed by atoms with Crippen molar-refractivity contribution in [1.29, 1.82) is 0 Å². The number of anilines is 2. The number of nitrogens with zero attached hydrogens (tertiary/aromatic N) is 2. The zero-order valence-electron chi connectivity index (χ0n) is 12.2.